The van der Waals surface area contributed by atoms with Crippen LogP contribution in [0.3, 0.4) is 0 Å². The van der Waals surface area contributed by atoms with Gasteiger partial charge in [-0.05, 0) is 19.3 Å². The van der Waals surface area contributed by atoms with Gasteiger partial charge in [0, 0.05) is 0 Å². The van der Waals surface area contributed by atoms with Crippen LogP contribution in [0.5, 0.6) is 0 Å². The van der Waals surface area contributed by atoms with Crippen molar-refractivity contribution >= 4 is 5.97 Å². The molecule has 0 bridgehead atoms. The van der Waals surface area contributed by atoms with Crippen LogP contribution in [-0.4, -0.2) is 11.1 Å². The van der Waals surface area contributed by atoms with E-state index in [0.717, 1.165) is 12.8 Å². The Morgan fingerprint density at radius 2 is 2.15 bits per heavy atom. The highest BCUT2D eigenvalue weighted by molar-refractivity contribution is 5.74. The second-order valence-electron chi connectivity index (χ2n) is 3.35. The zero-order valence-corrected chi connectivity index (χ0v) is 8.42. The number of aliphatic carboxylic acids is 1. The number of hydrogen-bond donors (Lipinski definition) is 1. The van der Waals surface area contributed by atoms with E-state index in [1.54, 1.807) is 13.0 Å². The molecule has 0 unspecified atom stereocenters. The highest BCUT2D eigenvalue weighted by Gasteiger charge is 2.25. The highest BCUT2D eigenvalue weighted by atomic mass is 16.4. The molecule has 0 radical (unpaired) electrons. The molecule has 0 saturated heterocycles. The topological polar surface area (TPSA) is 37.3 Å². The summed E-state index contributed by atoms with van der Waals surface area (Å²) in [7, 11) is 0. The Balaban J connectivity index is 4.58. The Morgan fingerprint density at radius 3 is 2.38 bits per heavy atom. The van der Waals surface area contributed by atoms with E-state index in [4.69, 9.17) is 5.11 Å². The van der Waals surface area contributed by atoms with Crippen LogP contribution in [-0.2, 0) is 4.79 Å². The summed E-state index contributed by atoms with van der Waals surface area (Å²) in [6.07, 6.45) is 3.54. The number of rotatable bonds is 6. The van der Waals surface area contributed by atoms with E-state index in [2.05, 4.69) is 13.2 Å². The molecule has 2 heteroatoms. The van der Waals surface area contributed by atoms with Crippen molar-refractivity contribution in [3.8, 4) is 0 Å². The maximum Gasteiger partial charge on any atom is 0.311 e. The van der Waals surface area contributed by atoms with Crippen LogP contribution in [0.2, 0.25) is 0 Å². The molecule has 0 aliphatic carbocycles. The molecule has 0 aliphatic rings. The smallest absolute Gasteiger partial charge is 0.311 e. The zero-order chi connectivity index (χ0) is 10.4. The Morgan fingerprint density at radius 1 is 1.62 bits per heavy atom. The fraction of sp³-hybridized carbons (Fsp3) is 0.545. The number of carboxylic acids is 1. The van der Waals surface area contributed by atoms with Gasteiger partial charge in [-0.3, -0.25) is 4.79 Å². The lowest BCUT2D eigenvalue weighted by molar-refractivity contribution is -0.141. The van der Waals surface area contributed by atoms with Crippen LogP contribution in [0.15, 0.2) is 24.8 Å². The van der Waals surface area contributed by atoms with Crippen LogP contribution < -0.4 is 0 Å². The number of hydrogen-bond acceptors (Lipinski definition) is 1. The molecule has 0 aliphatic heterocycles. The SMILES string of the molecule is C=C[C@@H](CCC)[C@H](C(=C)C)C(=O)O. The summed E-state index contributed by atoms with van der Waals surface area (Å²) >= 11 is 0. The van der Waals surface area contributed by atoms with Crippen LogP contribution in [0.25, 0.3) is 0 Å². The van der Waals surface area contributed by atoms with Crippen molar-refractivity contribution in [2.24, 2.45) is 11.8 Å². The maximum absolute atomic E-state index is 10.9. The summed E-state index contributed by atoms with van der Waals surface area (Å²) in [5.74, 6) is -1.26. The van der Waals surface area contributed by atoms with Crippen LogP contribution in [0.4, 0.5) is 0 Å². The van der Waals surface area contributed by atoms with Gasteiger partial charge >= 0.3 is 5.97 Å². The lowest BCUT2D eigenvalue weighted by atomic mass is 9.84. The van der Waals surface area contributed by atoms with Crippen molar-refractivity contribution in [3.05, 3.63) is 24.8 Å². The Bertz CT molecular complexity index is 192. The molecule has 0 aromatic heterocycles. The van der Waals surface area contributed by atoms with Crippen molar-refractivity contribution in [1.29, 1.82) is 0 Å². The van der Waals surface area contributed by atoms with Crippen molar-refractivity contribution < 1.29 is 9.90 Å². The van der Waals surface area contributed by atoms with Gasteiger partial charge in [0.2, 0.25) is 0 Å². The average molecular weight is 182 g/mol. The predicted octanol–water partition coefficient (Wildman–Crippen LogP) is 2.87. The van der Waals surface area contributed by atoms with Crippen molar-refractivity contribution in [2.45, 2.75) is 26.7 Å². The van der Waals surface area contributed by atoms with E-state index in [-0.39, 0.29) is 5.92 Å². The second kappa shape index (κ2) is 5.57. The van der Waals surface area contributed by atoms with E-state index in [1.165, 1.54) is 0 Å². The third kappa shape index (κ3) is 3.45. The van der Waals surface area contributed by atoms with Gasteiger partial charge in [0.15, 0.2) is 0 Å². The lowest BCUT2D eigenvalue weighted by Gasteiger charge is -2.20. The molecule has 74 valence electrons. The van der Waals surface area contributed by atoms with Crippen molar-refractivity contribution in [2.75, 3.05) is 0 Å². The number of allylic oxidation sites excluding steroid dienone is 1. The third-order valence-electron chi connectivity index (χ3n) is 2.15. The molecule has 0 rings (SSSR count). The zero-order valence-electron chi connectivity index (χ0n) is 8.42. The average Bonchev–Trinajstić information content (AvgIpc) is 2.02. The van der Waals surface area contributed by atoms with Crippen LogP contribution >= 0.6 is 0 Å². The summed E-state index contributed by atoms with van der Waals surface area (Å²) in [6, 6.07) is 0. The van der Waals surface area contributed by atoms with E-state index in [1.807, 2.05) is 6.92 Å². The largest absolute Gasteiger partial charge is 0.481 e. The van der Waals surface area contributed by atoms with Gasteiger partial charge in [-0.15, -0.1) is 6.58 Å². The Kier molecular flexibility index (Phi) is 5.12. The minimum atomic E-state index is -0.800. The van der Waals surface area contributed by atoms with Crippen LogP contribution in [0, 0.1) is 11.8 Å². The normalized spacial score (nSPS) is 14.6. The molecule has 0 fully saturated rings. The van der Waals surface area contributed by atoms with E-state index >= 15 is 0 Å². The number of carboxylic acid groups (broad SMARTS) is 1. The molecule has 0 heterocycles. The molecule has 0 aromatic rings. The molecule has 0 amide bonds. The molecule has 0 spiro atoms. The van der Waals surface area contributed by atoms with E-state index < -0.39 is 11.9 Å². The van der Waals surface area contributed by atoms with E-state index in [0.29, 0.717) is 5.57 Å². The first-order valence-electron chi connectivity index (χ1n) is 4.55. The fourth-order valence-electron chi connectivity index (χ4n) is 1.51. The first-order valence-corrected chi connectivity index (χ1v) is 4.55. The Hall–Kier alpha value is -1.05. The summed E-state index contributed by atoms with van der Waals surface area (Å²) in [4.78, 5) is 10.9. The monoisotopic (exact) mass is 182 g/mol. The third-order valence-corrected chi connectivity index (χ3v) is 2.15. The molecule has 0 aromatic carbocycles. The quantitative estimate of drug-likeness (QED) is 0.641. The van der Waals surface area contributed by atoms with Gasteiger partial charge in [0.25, 0.3) is 0 Å². The first kappa shape index (κ1) is 11.9. The summed E-state index contributed by atoms with van der Waals surface area (Å²) in [5.41, 5.74) is 0.700. The van der Waals surface area contributed by atoms with Gasteiger partial charge in [-0.25, -0.2) is 0 Å². The highest BCUT2D eigenvalue weighted by Crippen LogP contribution is 2.24. The van der Waals surface area contributed by atoms with Gasteiger partial charge in [0.05, 0.1) is 5.92 Å². The van der Waals surface area contributed by atoms with Crippen molar-refractivity contribution in [3.63, 3.8) is 0 Å². The maximum atomic E-state index is 10.9. The molecular weight excluding hydrogens is 164 g/mol. The minimum Gasteiger partial charge on any atom is -0.481 e. The number of carbonyl (C=O) groups is 1. The summed E-state index contributed by atoms with van der Waals surface area (Å²) in [5, 5.41) is 8.96. The molecule has 2 nitrogen and oxygen atoms in total. The molecule has 0 saturated carbocycles. The molecule has 1 N–H and O–H groups in total. The molecular formula is C11H18O2. The van der Waals surface area contributed by atoms with Gasteiger partial charge in [0.1, 0.15) is 0 Å². The standard InChI is InChI=1S/C11H18O2/c1-5-7-9(6-2)10(8(3)4)11(12)13/h6,9-10H,2-3,5,7H2,1,4H3,(H,12,13)/t9-,10-/m0/s1. The fourth-order valence-corrected chi connectivity index (χ4v) is 1.51. The van der Waals surface area contributed by atoms with Gasteiger partial charge in [-0.2, -0.15) is 0 Å². The predicted molar refractivity (Wildman–Crippen MR) is 54.5 cm³/mol. The lowest BCUT2D eigenvalue weighted by Crippen LogP contribution is -2.22. The van der Waals surface area contributed by atoms with Crippen molar-refractivity contribution in [1.82, 2.24) is 0 Å². The van der Waals surface area contributed by atoms with Gasteiger partial charge < -0.3 is 5.11 Å². The first-order chi connectivity index (χ1) is 6.04. The molecule has 13 heavy (non-hydrogen) atoms. The van der Waals surface area contributed by atoms with E-state index in [9.17, 15) is 4.79 Å². The summed E-state index contributed by atoms with van der Waals surface area (Å²) in [6.45, 7) is 11.2. The van der Waals surface area contributed by atoms with Gasteiger partial charge in [-0.1, -0.05) is 31.6 Å². The second-order valence-corrected chi connectivity index (χ2v) is 3.35. The minimum absolute atomic E-state index is 0.0139. The Labute approximate surface area is 80.0 Å². The summed E-state index contributed by atoms with van der Waals surface area (Å²) < 4.78 is 0. The van der Waals surface area contributed by atoms with Crippen LogP contribution in [0.1, 0.15) is 26.7 Å². The molecule has 2 atom stereocenters.